The number of rotatable bonds is 6. The van der Waals surface area contributed by atoms with Crippen LogP contribution in [0.5, 0.6) is 0 Å². The number of aromatic nitrogens is 2. The fourth-order valence-corrected chi connectivity index (χ4v) is 12.2. The van der Waals surface area contributed by atoms with Gasteiger partial charge in [0.1, 0.15) is 0 Å². The Hall–Kier alpha value is -9.32. The summed E-state index contributed by atoms with van der Waals surface area (Å²) >= 11 is 0. The molecule has 0 aliphatic carbocycles. The van der Waals surface area contributed by atoms with E-state index in [4.69, 9.17) is 0 Å². The lowest BCUT2D eigenvalue weighted by Crippen LogP contribution is -2.62. The van der Waals surface area contributed by atoms with Crippen LogP contribution in [0.15, 0.2) is 261 Å². The lowest BCUT2D eigenvalue weighted by Gasteiger charge is -2.45. The Morgan fingerprint density at radius 3 is 1.00 bits per heavy atom. The van der Waals surface area contributed by atoms with Crippen LogP contribution in [0.3, 0.4) is 0 Å². The summed E-state index contributed by atoms with van der Waals surface area (Å²) in [4.78, 5) is 5.02. The van der Waals surface area contributed by atoms with Gasteiger partial charge in [0.05, 0.1) is 22.1 Å². The Kier molecular flexibility index (Phi) is 8.72. The van der Waals surface area contributed by atoms with E-state index >= 15 is 0 Å². The lowest BCUT2D eigenvalue weighted by atomic mass is 9.32. The van der Waals surface area contributed by atoms with Crippen molar-refractivity contribution in [2.24, 2.45) is 0 Å². The number of fused-ring (bicyclic) bond motifs is 10. The van der Waals surface area contributed by atoms with Crippen LogP contribution < -0.4 is 26.2 Å². The van der Waals surface area contributed by atoms with Gasteiger partial charge < -0.3 is 18.9 Å². The van der Waals surface area contributed by atoms with Gasteiger partial charge in [0, 0.05) is 67.0 Å². The van der Waals surface area contributed by atoms with Gasteiger partial charge in [0.15, 0.2) is 0 Å². The van der Waals surface area contributed by atoms with E-state index in [9.17, 15) is 0 Å². The number of hydrogen-bond acceptors (Lipinski definition) is 2. The minimum absolute atomic E-state index is 0.124. The van der Waals surface area contributed by atoms with Crippen LogP contribution in [0.1, 0.15) is 0 Å². The molecule has 330 valence electrons. The van der Waals surface area contributed by atoms with Crippen molar-refractivity contribution >= 4 is 101 Å². The molecule has 2 aromatic heterocycles. The van der Waals surface area contributed by atoms with E-state index in [0.29, 0.717) is 0 Å². The molecule has 0 fully saturated rings. The van der Waals surface area contributed by atoms with Crippen molar-refractivity contribution in [1.82, 2.24) is 9.13 Å². The highest BCUT2D eigenvalue weighted by Gasteiger charge is 2.45. The molecule has 5 heteroatoms. The van der Waals surface area contributed by atoms with Gasteiger partial charge in [0.2, 0.25) is 0 Å². The fourth-order valence-electron chi connectivity index (χ4n) is 12.2. The topological polar surface area (TPSA) is 16.3 Å². The third-order valence-electron chi connectivity index (χ3n) is 15.1. The van der Waals surface area contributed by atoms with Crippen LogP contribution in [0.25, 0.3) is 77.2 Å². The van der Waals surface area contributed by atoms with Crippen molar-refractivity contribution in [3.63, 3.8) is 0 Å². The Morgan fingerprint density at radius 1 is 0.239 bits per heavy atom. The summed E-state index contributed by atoms with van der Waals surface area (Å²) < 4.78 is 4.81. The van der Waals surface area contributed by atoms with Crippen molar-refractivity contribution in [3.05, 3.63) is 261 Å². The molecule has 0 saturated heterocycles. The molecule has 0 amide bonds. The van der Waals surface area contributed by atoms with Gasteiger partial charge >= 0.3 is 0 Å². The summed E-state index contributed by atoms with van der Waals surface area (Å²) in [6, 6.07) is 96.2. The lowest BCUT2D eigenvalue weighted by molar-refractivity contribution is 1.18. The summed E-state index contributed by atoms with van der Waals surface area (Å²) in [7, 11) is 0. The molecule has 0 bridgehead atoms. The van der Waals surface area contributed by atoms with Crippen LogP contribution in [-0.2, 0) is 0 Å². The van der Waals surface area contributed by atoms with E-state index in [-0.39, 0.29) is 6.71 Å². The second kappa shape index (κ2) is 15.6. The van der Waals surface area contributed by atoms with Crippen LogP contribution in [-0.4, -0.2) is 15.8 Å². The standard InChI is InChI=1S/C66H43BN4/c1-5-20-46(21-6-1)68-56-32-15-13-28-52(56)54-42-44(38-40-58(54)68)50-30-17-34-60-64(50)67-65-51(45-39-41-59-55(43-45)53-29-14-16-33-57(53)69(59)47-22-7-2-8-23-47)31-18-35-61(65)71(49-26-11-4-12-27-49)63-37-19-36-62(66(63)67)70(60)48-24-9-3-10-25-48/h1-43H. The molecule has 0 radical (unpaired) electrons. The zero-order chi connectivity index (χ0) is 46.6. The average Bonchev–Trinajstić information content (AvgIpc) is 3.96. The summed E-state index contributed by atoms with van der Waals surface area (Å²) in [5.74, 6) is 0. The molecule has 13 aromatic rings. The molecule has 4 heterocycles. The van der Waals surface area contributed by atoms with E-state index in [1.807, 2.05) is 0 Å². The van der Waals surface area contributed by atoms with Gasteiger partial charge in [0.25, 0.3) is 6.71 Å². The van der Waals surface area contributed by atoms with E-state index in [1.165, 1.54) is 105 Å². The van der Waals surface area contributed by atoms with Gasteiger partial charge in [-0.05, 0) is 148 Å². The Morgan fingerprint density at radius 2 is 0.577 bits per heavy atom. The molecule has 0 spiro atoms. The van der Waals surface area contributed by atoms with E-state index in [2.05, 4.69) is 280 Å². The zero-order valence-corrected chi connectivity index (χ0v) is 38.7. The second-order valence-electron chi connectivity index (χ2n) is 18.8. The average molecular weight is 903 g/mol. The predicted octanol–water partition coefficient (Wildman–Crippen LogP) is 15.3. The number of nitrogens with zero attached hydrogens (tertiary/aromatic N) is 4. The molecule has 71 heavy (non-hydrogen) atoms. The summed E-state index contributed by atoms with van der Waals surface area (Å²) in [5.41, 5.74) is 22.8. The van der Waals surface area contributed by atoms with Gasteiger partial charge in [-0.15, -0.1) is 0 Å². The van der Waals surface area contributed by atoms with Crippen molar-refractivity contribution in [2.45, 2.75) is 0 Å². The van der Waals surface area contributed by atoms with Crippen molar-refractivity contribution in [2.75, 3.05) is 9.80 Å². The normalized spacial score (nSPS) is 12.7. The van der Waals surface area contributed by atoms with Crippen LogP contribution >= 0.6 is 0 Å². The second-order valence-corrected chi connectivity index (χ2v) is 18.8. The molecule has 15 rings (SSSR count). The molecule has 0 N–H and O–H groups in total. The first-order valence-electron chi connectivity index (χ1n) is 24.6. The van der Waals surface area contributed by atoms with E-state index < -0.39 is 0 Å². The largest absolute Gasteiger partial charge is 0.311 e. The Bertz CT molecular complexity index is 3970. The van der Waals surface area contributed by atoms with Crippen LogP contribution in [0.2, 0.25) is 0 Å². The smallest absolute Gasteiger partial charge is 0.253 e. The monoisotopic (exact) mass is 902 g/mol. The van der Waals surface area contributed by atoms with Gasteiger partial charge in [-0.3, -0.25) is 0 Å². The van der Waals surface area contributed by atoms with Crippen molar-refractivity contribution < 1.29 is 0 Å². The maximum atomic E-state index is 2.51. The van der Waals surface area contributed by atoms with E-state index in [0.717, 1.165) is 22.7 Å². The number of hydrogen-bond donors (Lipinski definition) is 0. The molecule has 4 nitrogen and oxygen atoms in total. The fraction of sp³-hybridized carbons (Fsp3) is 0. The van der Waals surface area contributed by atoms with Crippen molar-refractivity contribution in [3.8, 4) is 33.6 Å². The first-order chi connectivity index (χ1) is 35.3. The highest BCUT2D eigenvalue weighted by molar-refractivity contribution is 7.02. The van der Waals surface area contributed by atoms with Gasteiger partial charge in [-0.25, -0.2) is 0 Å². The third kappa shape index (κ3) is 5.87. The number of benzene rings is 11. The van der Waals surface area contributed by atoms with Crippen LogP contribution in [0, 0.1) is 0 Å². The first-order valence-corrected chi connectivity index (χ1v) is 24.6. The van der Waals surface area contributed by atoms with Crippen molar-refractivity contribution in [1.29, 1.82) is 0 Å². The Balaban J connectivity index is 1.03. The SMILES string of the molecule is c1ccc(N2c3cccc(-c4ccc5c(c4)c4ccccc4n5-c4ccccc4)c3B3c4c(-c5ccc6c(c5)c5ccccc5n6-c5ccccc5)cccc4N(c4ccccc4)c4cccc2c43)cc1. The molecular weight excluding hydrogens is 860 g/mol. The summed E-state index contributed by atoms with van der Waals surface area (Å²) in [6.45, 7) is -0.124. The maximum absolute atomic E-state index is 2.51. The molecule has 2 aliphatic heterocycles. The maximum Gasteiger partial charge on any atom is 0.253 e. The zero-order valence-electron chi connectivity index (χ0n) is 38.7. The highest BCUT2D eigenvalue weighted by Crippen LogP contribution is 2.47. The highest BCUT2D eigenvalue weighted by atomic mass is 15.2. The number of para-hydroxylation sites is 6. The number of anilines is 6. The summed E-state index contributed by atoms with van der Waals surface area (Å²) in [6.07, 6.45) is 0. The molecule has 11 aromatic carbocycles. The minimum atomic E-state index is -0.124. The van der Waals surface area contributed by atoms with Gasteiger partial charge in [-0.1, -0.05) is 152 Å². The first kappa shape index (κ1) is 39.7. The Labute approximate surface area is 412 Å². The molecular formula is C66H43BN4. The van der Waals surface area contributed by atoms with Gasteiger partial charge in [-0.2, -0.15) is 0 Å². The quantitative estimate of drug-likeness (QED) is 0.155. The third-order valence-corrected chi connectivity index (χ3v) is 15.1. The van der Waals surface area contributed by atoms with Crippen LogP contribution in [0.4, 0.5) is 34.1 Å². The predicted molar refractivity (Wildman–Crippen MR) is 300 cm³/mol. The molecule has 2 aliphatic rings. The molecule has 0 saturated carbocycles. The van der Waals surface area contributed by atoms with E-state index in [1.54, 1.807) is 0 Å². The molecule has 0 unspecified atom stereocenters. The molecule has 0 atom stereocenters. The summed E-state index contributed by atoms with van der Waals surface area (Å²) in [5, 5.41) is 4.95. The minimum Gasteiger partial charge on any atom is -0.311 e.